The predicted molar refractivity (Wildman–Crippen MR) is 61.1 cm³/mol. The maximum Gasteiger partial charge on any atom is 0.421 e. The summed E-state index contributed by atoms with van der Waals surface area (Å²) in [5.41, 5.74) is -0.836. The fraction of sp³-hybridized carbons (Fsp3) is 0.0769. The van der Waals surface area contributed by atoms with Crippen LogP contribution in [0.3, 0.4) is 0 Å². The van der Waals surface area contributed by atoms with Gasteiger partial charge in [-0.05, 0) is 24.3 Å². The summed E-state index contributed by atoms with van der Waals surface area (Å²) in [4.78, 5) is 14.3. The molecule has 0 aliphatic carbocycles. The van der Waals surface area contributed by atoms with Gasteiger partial charge < -0.3 is 4.74 Å². The molecule has 0 aliphatic heterocycles. The molecule has 0 fully saturated rings. The van der Waals surface area contributed by atoms with Crippen LogP contribution in [-0.2, 0) is 6.18 Å². The summed E-state index contributed by atoms with van der Waals surface area (Å²) in [5.74, 6) is -0.550. The van der Waals surface area contributed by atoms with Crippen LogP contribution in [0.4, 0.5) is 13.2 Å². The van der Waals surface area contributed by atoms with E-state index in [1.165, 1.54) is 24.4 Å². The Hall–Kier alpha value is -2.37. The highest BCUT2D eigenvalue weighted by Crippen LogP contribution is 2.36. The Labute approximate surface area is 106 Å². The Bertz CT molecular complexity index is 596. The second kappa shape index (κ2) is 5.09. The second-order valence-electron chi connectivity index (χ2n) is 3.61. The number of nitrogens with zero attached hydrogens (tertiary/aromatic N) is 1. The molecule has 1 aromatic carbocycles. The first-order chi connectivity index (χ1) is 9.02. The number of halogens is 3. The molecule has 0 saturated carbocycles. The van der Waals surface area contributed by atoms with Crippen molar-refractivity contribution in [3.05, 3.63) is 53.7 Å². The molecule has 6 heteroatoms. The van der Waals surface area contributed by atoms with Crippen LogP contribution in [0.15, 0.2) is 42.6 Å². The quantitative estimate of drug-likeness (QED) is 0.796. The first-order valence-electron chi connectivity index (χ1n) is 5.26. The van der Waals surface area contributed by atoms with Crippen LogP contribution < -0.4 is 4.74 Å². The van der Waals surface area contributed by atoms with Gasteiger partial charge in [-0.15, -0.1) is 0 Å². The van der Waals surface area contributed by atoms with E-state index >= 15 is 0 Å². The van der Waals surface area contributed by atoms with Gasteiger partial charge in [-0.25, -0.2) is 4.98 Å². The largest absolute Gasteiger partial charge is 0.438 e. The van der Waals surface area contributed by atoms with Crippen molar-refractivity contribution in [1.29, 1.82) is 0 Å². The van der Waals surface area contributed by atoms with Crippen LogP contribution in [0.1, 0.15) is 15.9 Å². The van der Waals surface area contributed by atoms with Crippen LogP contribution >= 0.6 is 0 Å². The Balaban J connectivity index is 2.42. The van der Waals surface area contributed by atoms with E-state index in [0.29, 0.717) is 6.29 Å². The number of aromatic nitrogens is 1. The molecule has 0 spiro atoms. The number of alkyl halides is 3. The first-order valence-corrected chi connectivity index (χ1v) is 5.26. The molecular formula is C13H8F3NO2. The van der Waals surface area contributed by atoms with Gasteiger partial charge in [-0.1, -0.05) is 12.1 Å². The van der Waals surface area contributed by atoms with E-state index in [1.54, 1.807) is 12.1 Å². The van der Waals surface area contributed by atoms with Gasteiger partial charge in [-0.3, -0.25) is 4.79 Å². The number of pyridine rings is 1. The van der Waals surface area contributed by atoms with E-state index < -0.39 is 17.6 Å². The first kappa shape index (κ1) is 13.1. The van der Waals surface area contributed by atoms with Crippen molar-refractivity contribution in [2.45, 2.75) is 6.18 Å². The lowest BCUT2D eigenvalue weighted by molar-refractivity contribution is -0.138. The monoisotopic (exact) mass is 267 g/mol. The fourth-order valence-electron chi connectivity index (χ4n) is 1.46. The van der Waals surface area contributed by atoms with E-state index in [2.05, 4.69) is 4.98 Å². The summed E-state index contributed by atoms with van der Waals surface area (Å²) in [7, 11) is 0. The SMILES string of the molecule is O=Cc1ccccc1Oc1ncccc1C(F)(F)F. The summed E-state index contributed by atoms with van der Waals surface area (Å²) in [6.07, 6.45) is -2.88. The van der Waals surface area contributed by atoms with E-state index in [4.69, 9.17) is 4.74 Å². The molecule has 98 valence electrons. The lowest BCUT2D eigenvalue weighted by Gasteiger charge is -2.12. The number of hydrogen-bond acceptors (Lipinski definition) is 3. The third-order valence-corrected chi connectivity index (χ3v) is 2.33. The minimum atomic E-state index is -4.57. The van der Waals surface area contributed by atoms with Crippen molar-refractivity contribution in [2.24, 2.45) is 0 Å². The summed E-state index contributed by atoms with van der Waals surface area (Å²) in [6, 6.07) is 8.02. The van der Waals surface area contributed by atoms with Crippen LogP contribution in [0.5, 0.6) is 11.6 Å². The molecule has 3 nitrogen and oxygen atoms in total. The van der Waals surface area contributed by atoms with Gasteiger partial charge in [-0.2, -0.15) is 13.2 Å². The molecule has 0 atom stereocenters. The number of benzene rings is 1. The zero-order valence-electron chi connectivity index (χ0n) is 9.52. The van der Waals surface area contributed by atoms with Gasteiger partial charge >= 0.3 is 6.18 Å². The second-order valence-corrected chi connectivity index (χ2v) is 3.61. The number of aldehydes is 1. The topological polar surface area (TPSA) is 39.2 Å². The summed E-state index contributed by atoms with van der Waals surface area (Å²) < 4.78 is 43.3. The van der Waals surface area contributed by atoms with Gasteiger partial charge in [0.05, 0.1) is 5.56 Å². The van der Waals surface area contributed by atoms with E-state index in [-0.39, 0.29) is 11.3 Å². The summed E-state index contributed by atoms with van der Waals surface area (Å²) in [6.45, 7) is 0. The molecule has 2 rings (SSSR count). The van der Waals surface area contributed by atoms with Gasteiger partial charge in [0.2, 0.25) is 5.88 Å². The third-order valence-electron chi connectivity index (χ3n) is 2.33. The predicted octanol–water partition coefficient (Wildman–Crippen LogP) is 3.71. The zero-order chi connectivity index (χ0) is 13.9. The van der Waals surface area contributed by atoms with Crippen molar-refractivity contribution in [2.75, 3.05) is 0 Å². The Morgan fingerprint density at radius 2 is 1.84 bits per heavy atom. The number of carbonyl (C=O) groups is 1. The number of para-hydroxylation sites is 1. The highest BCUT2D eigenvalue weighted by molar-refractivity contribution is 5.79. The number of carbonyl (C=O) groups excluding carboxylic acids is 1. The molecule has 0 amide bonds. The Morgan fingerprint density at radius 3 is 2.53 bits per heavy atom. The Kier molecular flexibility index (Phi) is 3.50. The molecule has 2 aromatic rings. The number of rotatable bonds is 3. The highest BCUT2D eigenvalue weighted by atomic mass is 19.4. The van der Waals surface area contributed by atoms with Crippen molar-refractivity contribution in [1.82, 2.24) is 4.98 Å². The van der Waals surface area contributed by atoms with E-state index in [1.807, 2.05) is 0 Å². The molecule has 0 bridgehead atoms. The molecule has 1 heterocycles. The highest BCUT2D eigenvalue weighted by Gasteiger charge is 2.35. The fourth-order valence-corrected chi connectivity index (χ4v) is 1.46. The third kappa shape index (κ3) is 2.90. The molecular weight excluding hydrogens is 259 g/mol. The normalized spacial score (nSPS) is 11.1. The molecule has 0 N–H and O–H groups in total. The van der Waals surface area contributed by atoms with Crippen molar-refractivity contribution in [3.63, 3.8) is 0 Å². The van der Waals surface area contributed by atoms with Crippen LogP contribution in [0.25, 0.3) is 0 Å². The molecule has 19 heavy (non-hydrogen) atoms. The minimum absolute atomic E-state index is 0.0294. The van der Waals surface area contributed by atoms with Crippen LogP contribution in [-0.4, -0.2) is 11.3 Å². The molecule has 1 aromatic heterocycles. The van der Waals surface area contributed by atoms with E-state index in [9.17, 15) is 18.0 Å². The molecule has 0 radical (unpaired) electrons. The maximum atomic E-state index is 12.7. The van der Waals surface area contributed by atoms with Crippen molar-refractivity contribution >= 4 is 6.29 Å². The molecule has 0 aliphatic rings. The van der Waals surface area contributed by atoms with Crippen molar-refractivity contribution in [3.8, 4) is 11.6 Å². The Morgan fingerprint density at radius 1 is 1.11 bits per heavy atom. The minimum Gasteiger partial charge on any atom is -0.438 e. The van der Waals surface area contributed by atoms with Crippen molar-refractivity contribution < 1.29 is 22.7 Å². The summed E-state index contributed by atoms with van der Waals surface area (Å²) >= 11 is 0. The lowest BCUT2D eigenvalue weighted by Crippen LogP contribution is -2.08. The standard InChI is InChI=1S/C13H8F3NO2/c14-13(15,16)10-5-3-7-17-12(10)19-11-6-2-1-4-9(11)8-18/h1-8H. The average Bonchev–Trinajstić information content (AvgIpc) is 2.39. The maximum absolute atomic E-state index is 12.7. The molecule has 0 unspecified atom stereocenters. The van der Waals surface area contributed by atoms with Crippen LogP contribution in [0.2, 0.25) is 0 Å². The van der Waals surface area contributed by atoms with E-state index in [0.717, 1.165) is 6.07 Å². The van der Waals surface area contributed by atoms with Gasteiger partial charge in [0, 0.05) is 6.20 Å². The molecule has 0 saturated heterocycles. The zero-order valence-corrected chi connectivity index (χ0v) is 9.52. The average molecular weight is 267 g/mol. The number of hydrogen-bond donors (Lipinski definition) is 0. The van der Waals surface area contributed by atoms with Gasteiger partial charge in [0.25, 0.3) is 0 Å². The number of ether oxygens (including phenoxy) is 1. The van der Waals surface area contributed by atoms with Crippen LogP contribution in [0, 0.1) is 0 Å². The lowest BCUT2D eigenvalue weighted by atomic mass is 10.2. The smallest absolute Gasteiger partial charge is 0.421 e. The summed E-state index contributed by atoms with van der Waals surface area (Å²) in [5, 5.41) is 0. The van der Waals surface area contributed by atoms with Gasteiger partial charge in [0.1, 0.15) is 11.3 Å². The van der Waals surface area contributed by atoms with Gasteiger partial charge in [0.15, 0.2) is 6.29 Å².